The average Bonchev–Trinajstić information content (AvgIpc) is 2.39. The maximum absolute atomic E-state index is 10.9. The SMILES string of the molecule is CO[C@@H]1CN(c2cncc(C(=O)O)c2)CC[C@@H]1N. The van der Waals surface area contributed by atoms with Crippen molar-refractivity contribution < 1.29 is 14.6 Å². The summed E-state index contributed by atoms with van der Waals surface area (Å²) in [6.07, 6.45) is 3.79. The molecule has 1 aliphatic heterocycles. The highest BCUT2D eigenvalue weighted by Crippen LogP contribution is 2.20. The van der Waals surface area contributed by atoms with E-state index in [0.29, 0.717) is 6.54 Å². The Bertz CT molecular complexity index is 438. The van der Waals surface area contributed by atoms with Crippen LogP contribution in [-0.2, 0) is 4.74 Å². The number of hydrogen-bond donors (Lipinski definition) is 2. The Balaban J connectivity index is 2.16. The van der Waals surface area contributed by atoms with Gasteiger partial charge in [-0.3, -0.25) is 4.98 Å². The number of nitrogens with two attached hydrogens (primary N) is 1. The van der Waals surface area contributed by atoms with Crippen molar-refractivity contribution in [1.82, 2.24) is 4.98 Å². The number of aromatic nitrogens is 1. The fourth-order valence-electron chi connectivity index (χ4n) is 2.14. The topological polar surface area (TPSA) is 88.7 Å². The van der Waals surface area contributed by atoms with E-state index in [-0.39, 0.29) is 17.7 Å². The van der Waals surface area contributed by atoms with Crippen molar-refractivity contribution >= 4 is 11.7 Å². The first-order valence-electron chi connectivity index (χ1n) is 5.83. The van der Waals surface area contributed by atoms with Crippen LogP contribution in [0.2, 0.25) is 0 Å². The number of methoxy groups -OCH3 is 1. The summed E-state index contributed by atoms with van der Waals surface area (Å²) in [6, 6.07) is 1.65. The van der Waals surface area contributed by atoms with E-state index < -0.39 is 5.97 Å². The molecule has 6 heteroatoms. The van der Waals surface area contributed by atoms with E-state index in [9.17, 15) is 4.79 Å². The van der Waals surface area contributed by atoms with Crippen LogP contribution in [0.3, 0.4) is 0 Å². The zero-order chi connectivity index (χ0) is 13.1. The van der Waals surface area contributed by atoms with Gasteiger partial charge >= 0.3 is 5.97 Å². The molecule has 1 saturated heterocycles. The molecule has 0 amide bonds. The van der Waals surface area contributed by atoms with Crippen LogP contribution in [0.1, 0.15) is 16.8 Å². The molecule has 0 saturated carbocycles. The lowest BCUT2D eigenvalue weighted by Crippen LogP contribution is -2.51. The Morgan fingerprint density at radius 3 is 3.06 bits per heavy atom. The Morgan fingerprint density at radius 2 is 2.39 bits per heavy atom. The molecule has 1 fully saturated rings. The lowest BCUT2D eigenvalue weighted by atomic mass is 10.0. The fraction of sp³-hybridized carbons (Fsp3) is 0.500. The molecule has 1 aromatic heterocycles. The van der Waals surface area contributed by atoms with Crippen molar-refractivity contribution in [1.29, 1.82) is 0 Å². The largest absolute Gasteiger partial charge is 0.478 e. The molecule has 2 rings (SSSR count). The van der Waals surface area contributed by atoms with Crippen molar-refractivity contribution in [3.8, 4) is 0 Å². The number of carbonyl (C=O) groups is 1. The van der Waals surface area contributed by atoms with Gasteiger partial charge < -0.3 is 20.5 Å². The van der Waals surface area contributed by atoms with E-state index in [1.807, 2.05) is 0 Å². The monoisotopic (exact) mass is 251 g/mol. The number of anilines is 1. The minimum absolute atomic E-state index is 0.0295. The second-order valence-corrected chi connectivity index (χ2v) is 4.41. The van der Waals surface area contributed by atoms with Crippen molar-refractivity contribution in [3.63, 3.8) is 0 Å². The van der Waals surface area contributed by atoms with Gasteiger partial charge in [0.25, 0.3) is 0 Å². The van der Waals surface area contributed by atoms with Gasteiger partial charge in [-0.05, 0) is 12.5 Å². The van der Waals surface area contributed by atoms with Crippen LogP contribution in [0.5, 0.6) is 0 Å². The number of nitrogens with zero attached hydrogens (tertiary/aromatic N) is 2. The molecule has 3 N–H and O–H groups in total. The molecule has 98 valence electrons. The molecule has 0 unspecified atom stereocenters. The van der Waals surface area contributed by atoms with Crippen LogP contribution in [0.25, 0.3) is 0 Å². The van der Waals surface area contributed by atoms with E-state index in [4.69, 9.17) is 15.6 Å². The van der Waals surface area contributed by atoms with E-state index in [1.54, 1.807) is 19.4 Å². The first-order valence-corrected chi connectivity index (χ1v) is 5.83. The summed E-state index contributed by atoms with van der Waals surface area (Å²) in [4.78, 5) is 16.9. The molecule has 18 heavy (non-hydrogen) atoms. The van der Waals surface area contributed by atoms with Crippen LogP contribution in [0.15, 0.2) is 18.5 Å². The van der Waals surface area contributed by atoms with Gasteiger partial charge in [0.15, 0.2) is 0 Å². The third kappa shape index (κ3) is 2.60. The number of pyridine rings is 1. The van der Waals surface area contributed by atoms with E-state index in [1.165, 1.54) is 6.20 Å². The summed E-state index contributed by atoms with van der Waals surface area (Å²) < 4.78 is 5.33. The van der Waals surface area contributed by atoms with Crippen LogP contribution in [-0.4, -0.2) is 48.4 Å². The number of hydrogen-bond acceptors (Lipinski definition) is 5. The Hall–Kier alpha value is -1.66. The second-order valence-electron chi connectivity index (χ2n) is 4.41. The van der Waals surface area contributed by atoms with Gasteiger partial charge in [-0.2, -0.15) is 0 Å². The van der Waals surface area contributed by atoms with Crippen LogP contribution in [0, 0.1) is 0 Å². The first kappa shape index (κ1) is 12.8. The van der Waals surface area contributed by atoms with Gasteiger partial charge in [0.05, 0.1) is 23.6 Å². The molecule has 1 aromatic rings. The first-order chi connectivity index (χ1) is 8.61. The zero-order valence-corrected chi connectivity index (χ0v) is 10.2. The van der Waals surface area contributed by atoms with Gasteiger partial charge in [-0.15, -0.1) is 0 Å². The van der Waals surface area contributed by atoms with Crippen molar-refractivity contribution in [2.45, 2.75) is 18.6 Å². The highest BCUT2D eigenvalue weighted by molar-refractivity contribution is 5.88. The molecule has 0 aromatic carbocycles. The van der Waals surface area contributed by atoms with E-state index in [0.717, 1.165) is 18.7 Å². The zero-order valence-electron chi connectivity index (χ0n) is 10.2. The van der Waals surface area contributed by atoms with Gasteiger partial charge in [0, 0.05) is 32.4 Å². The number of piperidine rings is 1. The molecular weight excluding hydrogens is 234 g/mol. The predicted octanol–water partition coefficient (Wildman–Crippen LogP) is 0.332. The molecule has 0 aliphatic carbocycles. The Kier molecular flexibility index (Phi) is 3.78. The van der Waals surface area contributed by atoms with Crippen LogP contribution < -0.4 is 10.6 Å². The highest BCUT2D eigenvalue weighted by Gasteiger charge is 2.27. The summed E-state index contributed by atoms with van der Waals surface area (Å²) in [5.74, 6) is -0.971. The molecule has 1 aliphatic rings. The van der Waals surface area contributed by atoms with E-state index >= 15 is 0 Å². The van der Waals surface area contributed by atoms with Crippen molar-refractivity contribution in [2.24, 2.45) is 5.73 Å². The molecule has 0 spiro atoms. The fourth-order valence-corrected chi connectivity index (χ4v) is 2.14. The van der Waals surface area contributed by atoms with Gasteiger partial charge in [-0.25, -0.2) is 4.79 Å². The lowest BCUT2D eigenvalue weighted by molar-refractivity contribution is 0.0696. The lowest BCUT2D eigenvalue weighted by Gasteiger charge is -2.37. The summed E-state index contributed by atoms with van der Waals surface area (Å²) in [5.41, 5.74) is 6.93. The minimum Gasteiger partial charge on any atom is -0.478 e. The second kappa shape index (κ2) is 5.32. The summed E-state index contributed by atoms with van der Waals surface area (Å²) in [6.45, 7) is 1.44. The minimum atomic E-state index is -0.971. The molecule has 6 nitrogen and oxygen atoms in total. The van der Waals surface area contributed by atoms with Crippen LogP contribution >= 0.6 is 0 Å². The molecular formula is C12H17N3O3. The third-order valence-electron chi connectivity index (χ3n) is 3.25. The maximum Gasteiger partial charge on any atom is 0.337 e. The quantitative estimate of drug-likeness (QED) is 0.805. The molecule has 2 atom stereocenters. The van der Waals surface area contributed by atoms with Crippen molar-refractivity contribution in [3.05, 3.63) is 24.0 Å². The van der Waals surface area contributed by atoms with Gasteiger partial charge in [0.1, 0.15) is 0 Å². The van der Waals surface area contributed by atoms with Gasteiger partial charge in [-0.1, -0.05) is 0 Å². The summed E-state index contributed by atoms with van der Waals surface area (Å²) in [5, 5.41) is 8.94. The Morgan fingerprint density at radius 1 is 1.61 bits per heavy atom. The number of carboxylic acid groups (broad SMARTS) is 1. The maximum atomic E-state index is 10.9. The Labute approximate surface area is 105 Å². The number of ether oxygens (including phenoxy) is 1. The standard InChI is InChI=1S/C12H17N3O3/c1-18-11-7-15(3-2-10(11)13)9-4-8(12(16)17)5-14-6-9/h4-6,10-11H,2-3,7,13H2,1H3,(H,16,17)/t10-,11+/m0/s1. The molecule has 0 bridgehead atoms. The molecule has 2 heterocycles. The predicted molar refractivity (Wildman–Crippen MR) is 66.8 cm³/mol. The van der Waals surface area contributed by atoms with E-state index in [2.05, 4.69) is 9.88 Å². The van der Waals surface area contributed by atoms with Gasteiger partial charge in [0.2, 0.25) is 0 Å². The number of carboxylic acids is 1. The number of aromatic carboxylic acids is 1. The third-order valence-corrected chi connectivity index (χ3v) is 3.25. The summed E-state index contributed by atoms with van der Waals surface area (Å²) >= 11 is 0. The number of rotatable bonds is 3. The van der Waals surface area contributed by atoms with Crippen LogP contribution in [0.4, 0.5) is 5.69 Å². The van der Waals surface area contributed by atoms with Crippen molar-refractivity contribution in [2.75, 3.05) is 25.1 Å². The smallest absolute Gasteiger partial charge is 0.337 e. The average molecular weight is 251 g/mol. The normalized spacial score (nSPS) is 24.0. The molecule has 0 radical (unpaired) electrons. The summed E-state index contributed by atoms with van der Waals surface area (Å²) in [7, 11) is 1.64. The highest BCUT2D eigenvalue weighted by atomic mass is 16.5.